The van der Waals surface area contributed by atoms with Crippen LogP contribution in [0.5, 0.6) is 0 Å². The number of rotatable bonds is 2. The van der Waals surface area contributed by atoms with Gasteiger partial charge in [-0.15, -0.1) is 0 Å². The first kappa shape index (κ1) is 20.7. The fourth-order valence-electron chi connectivity index (χ4n) is 3.69. The zero-order valence-electron chi connectivity index (χ0n) is 16.3. The zero-order valence-corrected chi connectivity index (χ0v) is 18.5. The van der Waals surface area contributed by atoms with Crippen molar-refractivity contribution in [1.82, 2.24) is 10.3 Å². The molecule has 0 saturated heterocycles. The largest absolute Gasteiger partial charge is 0.308 e. The molecule has 6 nitrogen and oxygen atoms in total. The fraction of sp³-hybridized carbons (Fsp3) is 0.0435. The summed E-state index contributed by atoms with van der Waals surface area (Å²) in [7, 11) is 0. The summed E-state index contributed by atoms with van der Waals surface area (Å²) >= 11 is 18.4. The maximum absolute atomic E-state index is 13.3. The Morgan fingerprint density at radius 1 is 0.906 bits per heavy atom. The summed E-state index contributed by atoms with van der Waals surface area (Å²) in [6.07, 6.45) is -0.109. The Hall–Kier alpha value is -3.19. The average Bonchev–Trinajstić information content (AvgIpc) is 3.10. The molecule has 4 aromatic rings. The van der Waals surface area contributed by atoms with Gasteiger partial charge in [0, 0.05) is 15.8 Å². The molecule has 9 heteroatoms. The van der Waals surface area contributed by atoms with Gasteiger partial charge in [0.15, 0.2) is 0 Å². The number of carbonyl (C=O) groups excluding carboxylic acids is 2. The summed E-state index contributed by atoms with van der Waals surface area (Å²) in [5.74, 6) is -0.579. The SMILES string of the molecule is O=C(NC1=NN(c2c(Cl)cc(Cl)cc2Cl)C(=O)C1)c1c2ccccc2nc2ccccc12. The molecule has 158 valence electrons. The number of carbonyl (C=O) groups is 2. The van der Waals surface area contributed by atoms with Crippen LogP contribution in [0.3, 0.4) is 0 Å². The number of amidine groups is 1. The van der Waals surface area contributed by atoms with Gasteiger partial charge in [0.05, 0.1) is 33.1 Å². The van der Waals surface area contributed by atoms with Crippen molar-refractivity contribution < 1.29 is 9.59 Å². The van der Waals surface area contributed by atoms with E-state index in [9.17, 15) is 9.59 Å². The number of halogens is 3. The summed E-state index contributed by atoms with van der Waals surface area (Å²) < 4.78 is 0. The highest BCUT2D eigenvalue weighted by Crippen LogP contribution is 2.38. The van der Waals surface area contributed by atoms with Crippen LogP contribution in [0.4, 0.5) is 5.69 Å². The van der Waals surface area contributed by atoms with Gasteiger partial charge >= 0.3 is 0 Å². The van der Waals surface area contributed by atoms with Gasteiger partial charge in [-0.05, 0) is 24.3 Å². The van der Waals surface area contributed by atoms with Gasteiger partial charge in [0.2, 0.25) is 0 Å². The Kier molecular flexibility index (Phi) is 5.21. The van der Waals surface area contributed by atoms with Crippen molar-refractivity contribution >= 4 is 79.9 Å². The molecule has 0 unspecified atom stereocenters. The fourth-order valence-corrected chi connectivity index (χ4v) is 4.67. The molecular formula is C23H13Cl3N4O2. The van der Waals surface area contributed by atoms with Crippen LogP contribution in [0.15, 0.2) is 65.8 Å². The van der Waals surface area contributed by atoms with Crippen molar-refractivity contribution in [3.63, 3.8) is 0 Å². The normalized spacial score (nSPS) is 13.7. The second-order valence-electron chi connectivity index (χ2n) is 7.12. The van der Waals surface area contributed by atoms with Gasteiger partial charge < -0.3 is 5.32 Å². The lowest BCUT2D eigenvalue weighted by atomic mass is 10.0. The lowest BCUT2D eigenvalue weighted by Gasteiger charge is -2.15. The van der Waals surface area contributed by atoms with Crippen LogP contribution in [0, 0.1) is 0 Å². The molecule has 1 aromatic heterocycles. The van der Waals surface area contributed by atoms with Crippen LogP contribution in [-0.4, -0.2) is 22.6 Å². The van der Waals surface area contributed by atoms with E-state index in [0.717, 1.165) is 5.01 Å². The number of pyridine rings is 1. The van der Waals surface area contributed by atoms with Gasteiger partial charge in [0.1, 0.15) is 11.5 Å². The summed E-state index contributed by atoms with van der Waals surface area (Å²) in [5, 5.41) is 10.2. The molecule has 0 atom stereocenters. The molecule has 2 heterocycles. The molecule has 0 aliphatic carbocycles. The van der Waals surface area contributed by atoms with Gasteiger partial charge in [-0.3, -0.25) is 9.59 Å². The highest BCUT2D eigenvalue weighted by molar-refractivity contribution is 6.42. The number of anilines is 1. The molecule has 2 amide bonds. The van der Waals surface area contributed by atoms with E-state index in [0.29, 0.717) is 32.4 Å². The molecule has 1 N–H and O–H groups in total. The molecule has 32 heavy (non-hydrogen) atoms. The van der Waals surface area contributed by atoms with Crippen LogP contribution in [-0.2, 0) is 4.79 Å². The summed E-state index contributed by atoms with van der Waals surface area (Å²) in [6, 6.07) is 17.7. The number of nitrogens with one attached hydrogen (secondary N) is 1. The van der Waals surface area contributed by atoms with E-state index in [1.165, 1.54) is 12.1 Å². The Bertz CT molecular complexity index is 1390. The number of nitrogens with zero attached hydrogens (tertiary/aromatic N) is 3. The molecule has 0 saturated carbocycles. The third-order valence-electron chi connectivity index (χ3n) is 5.04. The van der Waals surface area contributed by atoms with E-state index in [1.807, 2.05) is 48.5 Å². The first-order valence-electron chi connectivity index (χ1n) is 9.56. The van der Waals surface area contributed by atoms with Gasteiger partial charge in [-0.1, -0.05) is 71.2 Å². The number of para-hydroxylation sites is 2. The Morgan fingerprint density at radius 2 is 1.47 bits per heavy atom. The van der Waals surface area contributed by atoms with Crippen molar-refractivity contribution in [3.05, 3.63) is 81.3 Å². The van der Waals surface area contributed by atoms with E-state index < -0.39 is 0 Å². The summed E-state index contributed by atoms with van der Waals surface area (Å²) in [6.45, 7) is 0. The van der Waals surface area contributed by atoms with Gasteiger partial charge in [0.25, 0.3) is 11.8 Å². The minimum atomic E-state index is -0.387. The first-order valence-corrected chi connectivity index (χ1v) is 10.7. The number of amides is 2. The third-order valence-corrected chi connectivity index (χ3v) is 5.84. The number of hydrogen-bond donors (Lipinski definition) is 1. The number of aromatic nitrogens is 1. The van der Waals surface area contributed by atoms with E-state index in [4.69, 9.17) is 34.8 Å². The minimum absolute atomic E-state index is 0.109. The second kappa shape index (κ2) is 8.06. The maximum Gasteiger partial charge on any atom is 0.258 e. The molecule has 3 aromatic carbocycles. The summed E-state index contributed by atoms with van der Waals surface area (Å²) in [4.78, 5) is 30.6. The summed E-state index contributed by atoms with van der Waals surface area (Å²) in [5.41, 5.74) is 2.07. The Labute approximate surface area is 197 Å². The molecule has 1 aliphatic heterocycles. The number of hydrogen-bond acceptors (Lipinski definition) is 4. The van der Waals surface area contributed by atoms with Crippen LogP contribution < -0.4 is 10.3 Å². The second-order valence-corrected chi connectivity index (χ2v) is 8.37. The first-order chi connectivity index (χ1) is 15.4. The number of benzene rings is 3. The van der Waals surface area contributed by atoms with Crippen molar-refractivity contribution in [2.45, 2.75) is 6.42 Å². The van der Waals surface area contributed by atoms with Crippen LogP contribution in [0.1, 0.15) is 16.8 Å². The standard InChI is InChI=1S/C23H13Cl3N4O2/c24-12-9-15(25)22(16(26)10-12)30-20(31)11-19(29-30)28-23(32)21-13-5-1-3-7-17(13)27-18-8-4-2-6-14(18)21/h1-10H,11H2,(H,28,29,32). The quantitative estimate of drug-likeness (QED) is 0.365. The molecule has 5 rings (SSSR count). The Morgan fingerprint density at radius 3 is 2.06 bits per heavy atom. The van der Waals surface area contributed by atoms with Crippen molar-refractivity contribution in [1.29, 1.82) is 0 Å². The molecule has 1 aliphatic rings. The highest BCUT2D eigenvalue weighted by Gasteiger charge is 2.30. The highest BCUT2D eigenvalue weighted by atomic mass is 35.5. The molecule has 0 spiro atoms. The maximum atomic E-state index is 13.3. The van der Waals surface area contributed by atoms with Crippen molar-refractivity contribution in [3.8, 4) is 0 Å². The van der Waals surface area contributed by atoms with Crippen LogP contribution in [0.2, 0.25) is 15.1 Å². The van der Waals surface area contributed by atoms with E-state index in [2.05, 4.69) is 15.4 Å². The van der Waals surface area contributed by atoms with Crippen LogP contribution >= 0.6 is 34.8 Å². The van der Waals surface area contributed by atoms with Gasteiger partial charge in [-0.2, -0.15) is 10.1 Å². The monoisotopic (exact) mass is 482 g/mol. The molecule has 0 radical (unpaired) electrons. The van der Waals surface area contributed by atoms with E-state index in [-0.39, 0.29) is 39.8 Å². The number of hydrazone groups is 1. The third kappa shape index (κ3) is 3.56. The number of fused-ring (bicyclic) bond motifs is 2. The minimum Gasteiger partial charge on any atom is -0.308 e. The van der Waals surface area contributed by atoms with E-state index in [1.54, 1.807) is 0 Å². The molecule has 0 fully saturated rings. The van der Waals surface area contributed by atoms with Crippen molar-refractivity contribution in [2.24, 2.45) is 5.10 Å². The van der Waals surface area contributed by atoms with Crippen LogP contribution in [0.25, 0.3) is 21.8 Å². The average molecular weight is 484 g/mol. The topological polar surface area (TPSA) is 74.7 Å². The van der Waals surface area contributed by atoms with Gasteiger partial charge in [-0.25, -0.2) is 4.98 Å². The van der Waals surface area contributed by atoms with Crippen molar-refractivity contribution in [2.75, 3.05) is 5.01 Å². The predicted molar refractivity (Wildman–Crippen MR) is 128 cm³/mol. The zero-order chi connectivity index (χ0) is 22.4. The van der Waals surface area contributed by atoms with E-state index >= 15 is 0 Å². The smallest absolute Gasteiger partial charge is 0.258 e. The molecular weight excluding hydrogens is 471 g/mol. The lowest BCUT2D eigenvalue weighted by Crippen LogP contribution is -2.30. The lowest BCUT2D eigenvalue weighted by molar-refractivity contribution is -0.116. The Balaban J connectivity index is 1.54. The molecule has 0 bridgehead atoms. The predicted octanol–water partition coefficient (Wildman–Crippen LogP) is 5.83.